The van der Waals surface area contributed by atoms with Gasteiger partial charge in [0.15, 0.2) is 0 Å². The number of hydrogen-bond donors (Lipinski definition) is 0. The van der Waals surface area contributed by atoms with E-state index in [4.69, 9.17) is 10.00 Å². The number of halogens is 2. The van der Waals surface area contributed by atoms with Gasteiger partial charge in [-0.2, -0.15) is 10.2 Å². The van der Waals surface area contributed by atoms with Gasteiger partial charge in [-0.05, 0) is 51.5 Å². The summed E-state index contributed by atoms with van der Waals surface area (Å²) in [6, 6.07) is 6.05. The van der Waals surface area contributed by atoms with Crippen LogP contribution in [0.1, 0.15) is 11.4 Å². The minimum Gasteiger partial charge on any atom is -0.430 e. The van der Waals surface area contributed by atoms with Crippen LogP contribution in [0.15, 0.2) is 22.8 Å². The van der Waals surface area contributed by atoms with E-state index in [1.807, 2.05) is 28.7 Å². The lowest BCUT2D eigenvalue weighted by Crippen LogP contribution is -1.99. The van der Waals surface area contributed by atoms with E-state index in [-0.39, 0.29) is 22.9 Å². The van der Waals surface area contributed by atoms with Crippen molar-refractivity contribution in [3.63, 3.8) is 0 Å². The van der Waals surface area contributed by atoms with Gasteiger partial charge in [0, 0.05) is 12.1 Å². The molecule has 0 N–H and O–H groups in total. The maximum Gasteiger partial charge on any atom is 0.314 e. The Kier molecular flexibility index (Phi) is 4.69. The zero-order valence-corrected chi connectivity index (χ0v) is 14.2. The summed E-state index contributed by atoms with van der Waals surface area (Å²) in [5.41, 5.74) is -0.0932. The van der Waals surface area contributed by atoms with Crippen molar-refractivity contribution in [3.8, 4) is 17.7 Å². The maximum atomic E-state index is 11.1. The minimum atomic E-state index is -0.596. The van der Waals surface area contributed by atoms with E-state index in [0.717, 1.165) is 0 Å². The van der Waals surface area contributed by atoms with Gasteiger partial charge in [-0.3, -0.25) is 10.1 Å². The molecule has 0 spiro atoms. The third kappa shape index (κ3) is 3.64. The second kappa shape index (κ2) is 6.31. The van der Waals surface area contributed by atoms with Gasteiger partial charge in [0.2, 0.25) is 11.6 Å². The van der Waals surface area contributed by atoms with Crippen molar-refractivity contribution in [2.75, 3.05) is 0 Å². The van der Waals surface area contributed by atoms with Crippen LogP contribution in [-0.2, 0) is 0 Å². The smallest absolute Gasteiger partial charge is 0.314 e. The standard InChI is InChI=1S/C12H6BrIN4O3/c1-6-16-10(13)4-11(17-6)21-12-8(14)2-7(5-15)3-9(12)18(19)20/h2-4H,1H3. The van der Waals surface area contributed by atoms with Crippen LogP contribution >= 0.6 is 38.5 Å². The summed E-state index contributed by atoms with van der Waals surface area (Å²) in [6.07, 6.45) is 0. The predicted octanol–water partition coefficient (Wildman–Crippen LogP) is 3.72. The van der Waals surface area contributed by atoms with Gasteiger partial charge >= 0.3 is 5.69 Å². The molecule has 0 aliphatic rings. The molecule has 0 bridgehead atoms. The highest BCUT2D eigenvalue weighted by molar-refractivity contribution is 14.1. The highest BCUT2D eigenvalue weighted by Gasteiger charge is 2.21. The summed E-state index contributed by atoms with van der Waals surface area (Å²) in [7, 11) is 0. The fourth-order valence-corrected chi connectivity index (χ4v) is 2.72. The van der Waals surface area contributed by atoms with Crippen molar-refractivity contribution >= 4 is 44.2 Å². The Balaban J connectivity index is 2.53. The fraction of sp³-hybridized carbons (Fsp3) is 0.0833. The lowest BCUT2D eigenvalue weighted by molar-refractivity contribution is -0.385. The van der Waals surface area contributed by atoms with E-state index in [9.17, 15) is 10.1 Å². The number of nitro benzene ring substituents is 1. The van der Waals surface area contributed by atoms with Crippen molar-refractivity contribution in [2.24, 2.45) is 0 Å². The second-order valence-electron chi connectivity index (χ2n) is 3.85. The highest BCUT2D eigenvalue weighted by atomic mass is 127. The SMILES string of the molecule is Cc1nc(Br)cc(Oc2c(I)cc(C#N)cc2[N+](=O)[O-])n1. The van der Waals surface area contributed by atoms with Gasteiger partial charge in [0.1, 0.15) is 10.4 Å². The molecule has 21 heavy (non-hydrogen) atoms. The molecule has 0 unspecified atom stereocenters. The molecular formula is C12H6BrIN4O3. The Morgan fingerprint density at radius 3 is 2.71 bits per heavy atom. The lowest BCUT2D eigenvalue weighted by atomic mass is 10.2. The summed E-state index contributed by atoms with van der Waals surface area (Å²) in [6.45, 7) is 1.68. The first-order valence-electron chi connectivity index (χ1n) is 5.48. The predicted molar refractivity (Wildman–Crippen MR) is 85.1 cm³/mol. The van der Waals surface area contributed by atoms with Crippen molar-refractivity contribution in [1.29, 1.82) is 5.26 Å². The first-order valence-corrected chi connectivity index (χ1v) is 7.35. The molecular weight excluding hydrogens is 455 g/mol. The number of nitrogens with zero attached hydrogens (tertiary/aromatic N) is 4. The molecule has 0 aliphatic heterocycles. The molecule has 0 saturated heterocycles. The van der Waals surface area contributed by atoms with Gasteiger partial charge < -0.3 is 4.74 Å². The normalized spacial score (nSPS) is 10.0. The van der Waals surface area contributed by atoms with Crippen LogP contribution in [0.25, 0.3) is 0 Å². The second-order valence-corrected chi connectivity index (χ2v) is 5.83. The summed E-state index contributed by atoms with van der Waals surface area (Å²) < 4.78 is 6.48. The summed E-state index contributed by atoms with van der Waals surface area (Å²) in [4.78, 5) is 18.6. The zero-order chi connectivity index (χ0) is 15.6. The van der Waals surface area contributed by atoms with E-state index in [0.29, 0.717) is 14.0 Å². The van der Waals surface area contributed by atoms with E-state index in [2.05, 4.69) is 25.9 Å². The summed E-state index contributed by atoms with van der Waals surface area (Å²) in [5, 5.41) is 20.0. The number of aryl methyl sites for hydroxylation is 1. The van der Waals surface area contributed by atoms with Crippen LogP contribution in [0, 0.1) is 31.9 Å². The van der Waals surface area contributed by atoms with Gasteiger partial charge in [0.05, 0.1) is 20.1 Å². The number of nitriles is 1. The van der Waals surface area contributed by atoms with Gasteiger partial charge in [-0.1, -0.05) is 0 Å². The molecule has 2 rings (SSSR count). The number of ether oxygens (including phenoxy) is 1. The number of benzene rings is 1. The first kappa shape index (κ1) is 15.6. The largest absolute Gasteiger partial charge is 0.430 e. The third-order valence-electron chi connectivity index (χ3n) is 2.34. The topological polar surface area (TPSA) is 102 Å². The molecule has 1 aromatic heterocycles. The fourth-order valence-electron chi connectivity index (χ4n) is 1.54. The molecule has 0 fully saturated rings. The summed E-state index contributed by atoms with van der Waals surface area (Å²) in [5.74, 6) is 0.690. The van der Waals surface area contributed by atoms with Crippen molar-refractivity contribution in [2.45, 2.75) is 6.92 Å². The quantitative estimate of drug-likeness (QED) is 0.299. The van der Waals surface area contributed by atoms with Crippen LogP contribution in [-0.4, -0.2) is 14.9 Å². The zero-order valence-electron chi connectivity index (χ0n) is 10.5. The molecule has 7 nitrogen and oxygen atoms in total. The molecule has 0 atom stereocenters. The summed E-state index contributed by atoms with van der Waals surface area (Å²) >= 11 is 5.08. The number of nitro groups is 1. The minimum absolute atomic E-state index is 0.0459. The monoisotopic (exact) mass is 460 g/mol. The molecule has 0 saturated carbocycles. The average molecular weight is 461 g/mol. The number of rotatable bonds is 3. The Morgan fingerprint density at radius 2 is 2.14 bits per heavy atom. The average Bonchev–Trinajstić information content (AvgIpc) is 2.39. The van der Waals surface area contributed by atoms with Gasteiger partial charge in [0.25, 0.3) is 0 Å². The van der Waals surface area contributed by atoms with Crippen LogP contribution in [0.4, 0.5) is 5.69 Å². The van der Waals surface area contributed by atoms with Crippen molar-refractivity contribution in [3.05, 3.63) is 47.9 Å². The third-order valence-corrected chi connectivity index (χ3v) is 3.55. The molecule has 9 heteroatoms. The van der Waals surface area contributed by atoms with E-state index in [1.165, 1.54) is 18.2 Å². The Morgan fingerprint density at radius 1 is 1.43 bits per heavy atom. The van der Waals surface area contributed by atoms with Crippen LogP contribution in [0.3, 0.4) is 0 Å². The van der Waals surface area contributed by atoms with E-state index < -0.39 is 4.92 Å². The van der Waals surface area contributed by atoms with E-state index in [1.54, 1.807) is 6.92 Å². The van der Waals surface area contributed by atoms with Crippen molar-refractivity contribution in [1.82, 2.24) is 9.97 Å². The number of aromatic nitrogens is 2. The van der Waals surface area contributed by atoms with Crippen LogP contribution in [0.2, 0.25) is 0 Å². The molecule has 1 aromatic carbocycles. The Hall–Kier alpha value is -1.80. The molecule has 0 amide bonds. The Bertz CT molecular complexity index is 756. The molecule has 2 aromatic rings. The number of hydrogen-bond acceptors (Lipinski definition) is 6. The molecule has 1 heterocycles. The Labute approximate surface area is 141 Å². The maximum absolute atomic E-state index is 11.1. The van der Waals surface area contributed by atoms with Crippen LogP contribution in [0.5, 0.6) is 11.6 Å². The first-order chi connectivity index (χ1) is 9.90. The van der Waals surface area contributed by atoms with Crippen LogP contribution < -0.4 is 4.74 Å². The van der Waals surface area contributed by atoms with Gasteiger partial charge in [-0.15, -0.1) is 0 Å². The van der Waals surface area contributed by atoms with Crippen molar-refractivity contribution < 1.29 is 9.66 Å². The highest BCUT2D eigenvalue weighted by Crippen LogP contribution is 2.36. The van der Waals surface area contributed by atoms with Gasteiger partial charge in [-0.25, -0.2) is 4.98 Å². The molecule has 0 radical (unpaired) electrons. The molecule has 0 aliphatic carbocycles. The molecule has 106 valence electrons. The van der Waals surface area contributed by atoms with E-state index >= 15 is 0 Å². The lowest BCUT2D eigenvalue weighted by Gasteiger charge is -2.08.